The molecule has 0 saturated carbocycles. The molecule has 12 nitrogen and oxygen atoms in total. The summed E-state index contributed by atoms with van der Waals surface area (Å²) in [4.78, 5) is 38.5. The summed E-state index contributed by atoms with van der Waals surface area (Å²) in [5, 5.41) is 27.7. The topological polar surface area (TPSA) is 197 Å². The first-order valence-electron chi connectivity index (χ1n) is 12.3. The van der Waals surface area contributed by atoms with E-state index in [0.29, 0.717) is 47.5 Å². The Labute approximate surface area is 218 Å². The van der Waals surface area contributed by atoms with E-state index in [1.807, 2.05) is 19.1 Å². The summed E-state index contributed by atoms with van der Waals surface area (Å²) in [6.45, 7) is 2.60. The molecule has 12 heteroatoms. The summed E-state index contributed by atoms with van der Waals surface area (Å²) in [6.07, 6.45) is 1.93. The van der Waals surface area contributed by atoms with Crippen LogP contribution in [0.4, 0.5) is 0 Å². The van der Waals surface area contributed by atoms with E-state index in [-0.39, 0.29) is 18.5 Å². The van der Waals surface area contributed by atoms with Crippen molar-refractivity contribution in [2.24, 2.45) is 11.5 Å². The molecule has 1 aliphatic carbocycles. The van der Waals surface area contributed by atoms with Crippen molar-refractivity contribution in [3.05, 3.63) is 64.5 Å². The van der Waals surface area contributed by atoms with Crippen molar-refractivity contribution < 1.29 is 14.4 Å². The first-order chi connectivity index (χ1) is 18.3. The highest BCUT2D eigenvalue weighted by Crippen LogP contribution is 2.54. The predicted molar refractivity (Wildman–Crippen MR) is 135 cm³/mol. The lowest BCUT2D eigenvalue weighted by Gasteiger charge is -2.32. The number of primary amides is 2. The molecule has 3 aromatic rings. The van der Waals surface area contributed by atoms with Gasteiger partial charge in [-0.05, 0) is 72.7 Å². The van der Waals surface area contributed by atoms with Gasteiger partial charge in [-0.15, -0.1) is 10.2 Å². The zero-order valence-corrected chi connectivity index (χ0v) is 20.8. The lowest BCUT2D eigenvalue weighted by Crippen LogP contribution is -2.45. The van der Waals surface area contributed by atoms with Gasteiger partial charge in [-0.25, -0.2) is 0 Å². The van der Waals surface area contributed by atoms with Crippen LogP contribution < -0.4 is 16.8 Å². The van der Waals surface area contributed by atoms with Crippen molar-refractivity contribution in [1.82, 2.24) is 30.8 Å². The Morgan fingerprint density at radius 1 is 1.16 bits per heavy atom. The normalized spacial score (nSPS) is 17.9. The molecule has 2 atom stereocenters. The van der Waals surface area contributed by atoms with E-state index in [2.05, 4.69) is 32.0 Å². The van der Waals surface area contributed by atoms with Gasteiger partial charge in [0.25, 0.3) is 0 Å². The number of carbonyl (C=O) groups excluding carboxylic acids is 3. The summed E-state index contributed by atoms with van der Waals surface area (Å²) in [7, 11) is 0. The smallest absolute Gasteiger partial charge is 0.248 e. The number of nitrogens with zero attached hydrogens (tertiary/aromatic N) is 5. The number of hydrogen-bond donors (Lipinski definition) is 4. The maximum atomic E-state index is 12.8. The molecule has 5 rings (SSSR count). The first kappa shape index (κ1) is 25.0. The predicted octanol–water partition coefficient (Wildman–Crippen LogP) is 0.595. The van der Waals surface area contributed by atoms with E-state index in [1.165, 1.54) is 0 Å². The Hall–Kier alpha value is -4.63. The number of nitrogens with one attached hydrogen (secondary N) is 2. The monoisotopic (exact) mass is 513 g/mol. The summed E-state index contributed by atoms with van der Waals surface area (Å²) in [6, 6.07) is 11.9. The Morgan fingerprint density at radius 3 is 2.32 bits per heavy atom. The molecule has 6 N–H and O–H groups in total. The Balaban J connectivity index is 1.55. The number of fused-ring (bicyclic) bond motifs is 3. The molecule has 1 aliphatic heterocycles. The van der Waals surface area contributed by atoms with Gasteiger partial charge in [0.05, 0.1) is 18.0 Å². The van der Waals surface area contributed by atoms with Gasteiger partial charge in [-0.2, -0.15) is 10.5 Å². The lowest BCUT2D eigenvalue weighted by molar-refractivity contribution is -0.130. The van der Waals surface area contributed by atoms with Crippen LogP contribution >= 0.6 is 0 Å². The second kappa shape index (κ2) is 9.68. The lowest BCUT2D eigenvalue weighted by atomic mass is 9.72. The molecule has 0 unspecified atom stereocenters. The highest BCUT2D eigenvalue weighted by Gasteiger charge is 2.49. The molecule has 1 saturated heterocycles. The molecule has 2 aromatic carbocycles. The summed E-state index contributed by atoms with van der Waals surface area (Å²) >= 11 is 0. The van der Waals surface area contributed by atoms with E-state index in [1.54, 1.807) is 29.2 Å². The molecule has 3 amide bonds. The summed E-state index contributed by atoms with van der Waals surface area (Å²) in [5.41, 5.74) is 13.9. The van der Waals surface area contributed by atoms with E-state index in [0.717, 1.165) is 17.5 Å². The van der Waals surface area contributed by atoms with Crippen molar-refractivity contribution in [3.63, 3.8) is 0 Å². The van der Waals surface area contributed by atoms with Crippen LogP contribution in [0.5, 0.6) is 0 Å². The molecule has 0 bridgehead atoms. The molecule has 2 aliphatic rings. The van der Waals surface area contributed by atoms with Gasteiger partial charge < -0.3 is 21.7 Å². The Bertz CT molecular complexity index is 1400. The molecule has 2 heterocycles. The second-order valence-corrected chi connectivity index (χ2v) is 9.75. The van der Waals surface area contributed by atoms with Crippen molar-refractivity contribution >= 4 is 17.7 Å². The number of tetrazole rings is 1. The highest BCUT2D eigenvalue weighted by atomic mass is 16.2. The maximum Gasteiger partial charge on any atom is 0.248 e. The fourth-order valence-electron chi connectivity index (χ4n) is 5.72. The fraction of sp³-hybridized carbons (Fsp3) is 0.346. The zero-order valence-electron chi connectivity index (χ0n) is 20.8. The number of aromatic nitrogens is 4. The standard InChI is InChI=1S/C26H27N9O3/c1-14(30-13-22(36)35-8-2-3-17(35)12-27)11-26(25-31-33-34-32-25)20-6-4-15(23(28)37)9-18(20)19-10-16(24(29)38)5-7-21(19)26/h4-7,9-10,14,17,30H,2-3,8,11,13H2,1H3,(H2,28,37)(H2,29,38)(H,31,32,33,34)/t14-,17+/m1/s1. The van der Waals surface area contributed by atoms with Gasteiger partial charge in [0.2, 0.25) is 17.7 Å². The molecule has 0 spiro atoms. The minimum absolute atomic E-state index is 0.0720. The molecule has 1 aromatic heterocycles. The van der Waals surface area contributed by atoms with Crippen LogP contribution in [-0.2, 0) is 10.2 Å². The van der Waals surface area contributed by atoms with Crippen LogP contribution in [0.1, 0.15) is 63.9 Å². The van der Waals surface area contributed by atoms with Crippen molar-refractivity contribution in [3.8, 4) is 17.2 Å². The molecule has 38 heavy (non-hydrogen) atoms. The number of H-pyrrole nitrogens is 1. The van der Waals surface area contributed by atoms with Gasteiger partial charge in [-0.3, -0.25) is 14.4 Å². The average Bonchev–Trinajstić information content (AvgIpc) is 3.66. The van der Waals surface area contributed by atoms with Gasteiger partial charge in [-0.1, -0.05) is 17.3 Å². The second-order valence-electron chi connectivity index (χ2n) is 9.75. The van der Waals surface area contributed by atoms with Gasteiger partial charge >= 0.3 is 0 Å². The van der Waals surface area contributed by atoms with Crippen molar-refractivity contribution in [1.29, 1.82) is 5.26 Å². The van der Waals surface area contributed by atoms with E-state index < -0.39 is 23.3 Å². The quantitative estimate of drug-likeness (QED) is 0.335. The minimum atomic E-state index is -0.914. The number of benzene rings is 2. The summed E-state index contributed by atoms with van der Waals surface area (Å²) < 4.78 is 0. The number of amides is 3. The van der Waals surface area contributed by atoms with E-state index in [9.17, 15) is 19.6 Å². The van der Waals surface area contributed by atoms with E-state index >= 15 is 0 Å². The van der Waals surface area contributed by atoms with Crippen molar-refractivity contribution in [2.75, 3.05) is 13.1 Å². The van der Waals surface area contributed by atoms with Gasteiger partial charge in [0.15, 0.2) is 5.82 Å². The number of hydrogen-bond acceptors (Lipinski definition) is 8. The molecule has 194 valence electrons. The number of nitriles is 1. The maximum absolute atomic E-state index is 12.8. The average molecular weight is 514 g/mol. The molecule has 0 radical (unpaired) electrons. The largest absolute Gasteiger partial charge is 0.366 e. The third-order valence-corrected chi connectivity index (χ3v) is 7.48. The Morgan fingerprint density at radius 2 is 1.79 bits per heavy atom. The number of rotatable bonds is 8. The van der Waals surface area contributed by atoms with Crippen LogP contribution in [0.3, 0.4) is 0 Å². The van der Waals surface area contributed by atoms with Crippen LogP contribution in [-0.4, -0.2) is 68.4 Å². The third-order valence-electron chi connectivity index (χ3n) is 7.48. The number of nitrogens with two attached hydrogens (primary N) is 2. The minimum Gasteiger partial charge on any atom is -0.366 e. The number of carbonyl (C=O) groups is 3. The van der Waals surface area contributed by atoms with Crippen LogP contribution in [0, 0.1) is 11.3 Å². The Kier molecular flexibility index (Phi) is 6.38. The SMILES string of the molecule is C[C@H](CC1(c2nn[nH]n2)c2ccc(C(N)=O)cc2-c2cc(C(N)=O)ccc21)NCC(=O)N1CCC[C@H]1C#N. The molecule has 1 fully saturated rings. The number of likely N-dealkylation sites (tertiary alicyclic amines) is 1. The van der Waals surface area contributed by atoms with Crippen LogP contribution in [0.2, 0.25) is 0 Å². The number of aromatic amines is 1. The van der Waals surface area contributed by atoms with E-state index in [4.69, 9.17) is 11.5 Å². The van der Waals surface area contributed by atoms with Crippen LogP contribution in [0.15, 0.2) is 36.4 Å². The zero-order chi connectivity index (χ0) is 27.0. The highest BCUT2D eigenvalue weighted by molar-refractivity contribution is 5.98. The first-order valence-corrected chi connectivity index (χ1v) is 12.3. The molecular weight excluding hydrogens is 486 g/mol. The van der Waals surface area contributed by atoms with Crippen molar-refractivity contribution in [2.45, 2.75) is 43.7 Å². The fourth-order valence-corrected chi connectivity index (χ4v) is 5.72. The van der Waals surface area contributed by atoms with Gasteiger partial charge in [0, 0.05) is 23.7 Å². The van der Waals surface area contributed by atoms with Crippen LogP contribution in [0.25, 0.3) is 11.1 Å². The van der Waals surface area contributed by atoms with Gasteiger partial charge in [0.1, 0.15) is 6.04 Å². The molecular formula is C26H27N9O3. The third kappa shape index (κ3) is 4.06. The summed E-state index contributed by atoms with van der Waals surface area (Å²) in [5.74, 6) is -0.883.